The Morgan fingerprint density at radius 3 is 2.70 bits per heavy atom. The van der Waals surface area contributed by atoms with Crippen molar-refractivity contribution in [3.8, 4) is 0 Å². The Kier molecular flexibility index (Phi) is 5.22. The van der Waals surface area contributed by atoms with Crippen molar-refractivity contribution in [2.45, 2.75) is 45.2 Å². The first-order valence-corrected chi connectivity index (χ1v) is 7.59. The van der Waals surface area contributed by atoms with Crippen LogP contribution >= 0.6 is 11.6 Å². The first-order valence-electron chi connectivity index (χ1n) is 7.21. The topological polar surface area (TPSA) is 15.3 Å². The molecule has 0 aliphatic carbocycles. The molecule has 2 unspecified atom stereocenters. The summed E-state index contributed by atoms with van der Waals surface area (Å²) in [6.07, 6.45) is 2.99. The van der Waals surface area contributed by atoms with Crippen molar-refractivity contribution in [1.29, 1.82) is 0 Å². The van der Waals surface area contributed by atoms with Crippen LogP contribution in [0.5, 0.6) is 0 Å². The lowest BCUT2D eigenvalue weighted by atomic mass is 10.0. The molecule has 20 heavy (non-hydrogen) atoms. The summed E-state index contributed by atoms with van der Waals surface area (Å²) < 4.78 is 27.3. The highest BCUT2D eigenvalue weighted by Gasteiger charge is 2.29. The van der Waals surface area contributed by atoms with Crippen molar-refractivity contribution in [2.75, 3.05) is 18.0 Å². The number of piperazine rings is 1. The minimum Gasteiger partial charge on any atom is -0.362 e. The fourth-order valence-electron chi connectivity index (χ4n) is 2.85. The Morgan fingerprint density at radius 1 is 1.35 bits per heavy atom. The summed E-state index contributed by atoms with van der Waals surface area (Å²) in [4.78, 5) is 1.99. The van der Waals surface area contributed by atoms with E-state index in [0.717, 1.165) is 31.9 Å². The third kappa shape index (κ3) is 3.23. The van der Waals surface area contributed by atoms with E-state index in [1.807, 2.05) is 4.90 Å². The van der Waals surface area contributed by atoms with E-state index in [1.54, 1.807) is 0 Å². The van der Waals surface area contributed by atoms with Gasteiger partial charge in [0.25, 0.3) is 0 Å². The van der Waals surface area contributed by atoms with Crippen LogP contribution < -0.4 is 10.2 Å². The summed E-state index contributed by atoms with van der Waals surface area (Å²) in [5.41, 5.74) is 0.336. The molecule has 2 nitrogen and oxygen atoms in total. The van der Waals surface area contributed by atoms with Crippen molar-refractivity contribution in [3.63, 3.8) is 0 Å². The number of hydrogen-bond acceptors (Lipinski definition) is 2. The summed E-state index contributed by atoms with van der Waals surface area (Å²) in [6, 6.07) is 2.60. The summed E-state index contributed by atoms with van der Waals surface area (Å²) in [6.45, 7) is 5.70. The van der Waals surface area contributed by atoms with Crippen molar-refractivity contribution in [2.24, 2.45) is 0 Å². The number of hydrogen-bond donors (Lipinski definition) is 1. The van der Waals surface area contributed by atoms with Gasteiger partial charge in [0.15, 0.2) is 5.82 Å². The van der Waals surface area contributed by atoms with Gasteiger partial charge in [0.2, 0.25) is 0 Å². The van der Waals surface area contributed by atoms with Crippen LogP contribution in [0.3, 0.4) is 0 Å². The molecule has 0 amide bonds. The molecule has 0 spiro atoms. The van der Waals surface area contributed by atoms with Gasteiger partial charge < -0.3 is 10.2 Å². The molecular weight excluding hydrogens is 282 g/mol. The molecule has 1 saturated heterocycles. The minimum absolute atomic E-state index is 0.151. The molecule has 0 radical (unpaired) electrons. The van der Waals surface area contributed by atoms with Gasteiger partial charge in [0.05, 0.1) is 10.7 Å². The van der Waals surface area contributed by atoms with E-state index in [9.17, 15) is 8.78 Å². The van der Waals surface area contributed by atoms with Crippen LogP contribution in [-0.4, -0.2) is 25.2 Å². The Morgan fingerprint density at radius 2 is 2.10 bits per heavy atom. The predicted octanol–water partition coefficient (Wildman–Crippen LogP) is 3.98. The van der Waals surface area contributed by atoms with Gasteiger partial charge >= 0.3 is 0 Å². The van der Waals surface area contributed by atoms with Gasteiger partial charge in [-0.25, -0.2) is 8.78 Å². The second-order valence-corrected chi connectivity index (χ2v) is 5.73. The van der Waals surface area contributed by atoms with Crippen molar-refractivity contribution in [1.82, 2.24) is 5.32 Å². The fourth-order valence-corrected chi connectivity index (χ4v) is 3.16. The molecule has 1 aliphatic rings. The molecule has 1 aromatic rings. The minimum atomic E-state index is -0.635. The quantitative estimate of drug-likeness (QED) is 0.905. The fraction of sp³-hybridized carbons (Fsp3) is 0.600. The molecule has 2 rings (SSSR count). The molecule has 0 bridgehead atoms. The van der Waals surface area contributed by atoms with Gasteiger partial charge in [0.1, 0.15) is 5.82 Å². The van der Waals surface area contributed by atoms with Crippen LogP contribution in [0.1, 0.15) is 33.1 Å². The van der Waals surface area contributed by atoms with Gasteiger partial charge in [-0.2, -0.15) is 0 Å². The number of nitrogens with one attached hydrogen (secondary N) is 1. The van der Waals surface area contributed by atoms with E-state index in [-0.39, 0.29) is 11.1 Å². The summed E-state index contributed by atoms with van der Waals surface area (Å²) in [7, 11) is 0. The second kappa shape index (κ2) is 6.72. The van der Waals surface area contributed by atoms with Crippen LogP contribution in [0.25, 0.3) is 0 Å². The molecule has 1 fully saturated rings. The zero-order valence-corrected chi connectivity index (χ0v) is 12.7. The second-order valence-electron chi connectivity index (χ2n) is 5.33. The molecule has 1 heterocycles. The lowest BCUT2D eigenvalue weighted by Gasteiger charge is -2.42. The highest BCUT2D eigenvalue weighted by molar-refractivity contribution is 6.33. The number of benzene rings is 1. The molecular formula is C15H21ClF2N2. The van der Waals surface area contributed by atoms with Gasteiger partial charge in [-0.15, -0.1) is 0 Å². The van der Waals surface area contributed by atoms with E-state index in [0.29, 0.717) is 18.3 Å². The van der Waals surface area contributed by atoms with E-state index in [4.69, 9.17) is 11.6 Å². The number of nitrogens with zero attached hydrogens (tertiary/aromatic N) is 1. The number of rotatable bonds is 4. The molecule has 1 N–H and O–H groups in total. The van der Waals surface area contributed by atoms with Crippen LogP contribution in [0, 0.1) is 11.6 Å². The maximum Gasteiger partial charge on any atom is 0.150 e. The highest BCUT2D eigenvalue weighted by Crippen LogP contribution is 2.33. The lowest BCUT2D eigenvalue weighted by molar-refractivity contribution is 0.366. The molecule has 2 atom stereocenters. The number of anilines is 1. The van der Waals surface area contributed by atoms with Crippen molar-refractivity contribution >= 4 is 17.3 Å². The Balaban J connectivity index is 2.31. The van der Waals surface area contributed by atoms with Gasteiger partial charge in [0, 0.05) is 31.2 Å². The Bertz CT molecular complexity index is 444. The third-order valence-electron chi connectivity index (χ3n) is 3.88. The average molecular weight is 303 g/mol. The van der Waals surface area contributed by atoms with E-state index in [2.05, 4.69) is 19.2 Å². The summed E-state index contributed by atoms with van der Waals surface area (Å²) in [5.74, 6) is -1.21. The monoisotopic (exact) mass is 302 g/mol. The zero-order valence-electron chi connectivity index (χ0n) is 11.9. The van der Waals surface area contributed by atoms with Crippen LogP contribution in [0.15, 0.2) is 12.1 Å². The molecule has 0 saturated carbocycles. The van der Waals surface area contributed by atoms with E-state index in [1.165, 1.54) is 6.07 Å². The predicted molar refractivity (Wildman–Crippen MR) is 79.5 cm³/mol. The van der Waals surface area contributed by atoms with Crippen LogP contribution in [-0.2, 0) is 0 Å². The Hall–Kier alpha value is -0.870. The molecule has 112 valence electrons. The highest BCUT2D eigenvalue weighted by atomic mass is 35.5. The molecule has 5 heteroatoms. The van der Waals surface area contributed by atoms with Crippen molar-refractivity contribution in [3.05, 3.63) is 28.8 Å². The normalized spacial score (nSPS) is 23.1. The zero-order chi connectivity index (χ0) is 14.7. The molecule has 1 aliphatic heterocycles. The van der Waals surface area contributed by atoms with Crippen LogP contribution in [0.4, 0.5) is 14.5 Å². The molecule has 0 aromatic heterocycles. The smallest absolute Gasteiger partial charge is 0.150 e. The van der Waals surface area contributed by atoms with Gasteiger partial charge in [-0.05, 0) is 18.9 Å². The first kappa shape index (κ1) is 15.5. The average Bonchev–Trinajstić information content (AvgIpc) is 2.38. The van der Waals surface area contributed by atoms with E-state index < -0.39 is 11.6 Å². The Labute approximate surface area is 124 Å². The van der Waals surface area contributed by atoms with Crippen LogP contribution in [0.2, 0.25) is 5.02 Å². The standard InChI is InChI=1S/C15H21ClF2N2/c1-3-5-11-9-20(12(4-2)8-19-11)15-13(16)6-10(17)7-14(15)18/h6-7,11-12,19H,3-5,8-9H2,1-2H3. The van der Waals surface area contributed by atoms with Crippen molar-refractivity contribution < 1.29 is 8.78 Å². The lowest BCUT2D eigenvalue weighted by Crippen LogP contribution is -2.56. The summed E-state index contributed by atoms with van der Waals surface area (Å²) >= 11 is 6.07. The van der Waals surface area contributed by atoms with E-state index >= 15 is 0 Å². The number of halogens is 3. The van der Waals surface area contributed by atoms with Gasteiger partial charge in [-0.3, -0.25) is 0 Å². The largest absolute Gasteiger partial charge is 0.362 e. The third-order valence-corrected chi connectivity index (χ3v) is 4.17. The maximum atomic E-state index is 14.1. The molecule has 1 aromatic carbocycles. The maximum absolute atomic E-state index is 14.1. The SMILES string of the molecule is CCCC1CN(c2c(F)cc(F)cc2Cl)C(CC)CN1. The first-order chi connectivity index (χ1) is 9.56. The summed E-state index contributed by atoms with van der Waals surface area (Å²) in [5, 5.41) is 3.64. The van der Waals surface area contributed by atoms with Gasteiger partial charge in [-0.1, -0.05) is 31.9 Å².